The molecule has 0 aromatic heterocycles. The first-order valence-electron chi connectivity index (χ1n) is 26.6. The summed E-state index contributed by atoms with van der Waals surface area (Å²) in [5.41, 5.74) is 0. The monoisotopic (exact) mass is 913 g/mol. The molecule has 0 spiro atoms. The molecule has 0 fully saturated rings. The first-order chi connectivity index (χ1) is 32.5. The summed E-state index contributed by atoms with van der Waals surface area (Å²) in [7, 11) is 0. The van der Waals surface area contributed by atoms with Crippen LogP contribution in [0.4, 0.5) is 0 Å². The minimum atomic E-state index is -0.808. The van der Waals surface area contributed by atoms with Crippen LogP contribution in [-0.2, 0) is 28.6 Å². The van der Waals surface area contributed by atoms with E-state index < -0.39 is 6.10 Å². The van der Waals surface area contributed by atoms with Gasteiger partial charge in [-0.3, -0.25) is 14.4 Å². The largest absolute Gasteiger partial charge is 0.462 e. The summed E-state index contributed by atoms with van der Waals surface area (Å²) in [5, 5.41) is 0. The molecule has 0 aliphatic rings. The average molecular weight is 913 g/mol. The number of hydrogen-bond donors (Lipinski definition) is 0. The van der Waals surface area contributed by atoms with Gasteiger partial charge in [0.15, 0.2) is 6.10 Å². The molecule has 0 bridgehead atoms. The summed E-state index contributed by atoms with van der Waals surface area (Å²) in [5.74, 6) is -0.975. The maximum absolute atomic E-state index is 12.8. The Bertz CT molecular complexity index is 1420. The molecule has 0 amide bonds. The predicted molar refractivity (Wildman–Crippen MR) is 283 cm³/mol. The Morgan fingerprint density at radius 3 is 1.12 bits per heavy atom. The van der Waals surface area contributed by atoms with Crippen LogP contribution < -0.4 is 0 Å². The molecule has 0 aliphatic carbocycles. The van der Waals surface area contributed by atoms with Gasteiger partial charge in [0.2, 0.25) is 0 Å². The number of allylic oxidation sites excluding steroid dienone is 20. The minimum absolute atomic E-state index is 0.105. The zero-order chi connectivity index (χ0) is 47.9. The molecule has 372 valence electrons. The Morgan fingerprint density at radius 1 is 0.333 bits per heavy atom. The van der Waals surface area contributed by atoms with E-state index in [0.29, 0.717) is 19.3 Å². The van der Waals surface area contributed by atoms with Gasteiger partial charge in [-0.15, -0.1) is 0 Å². The van der Waals surface area contributed by atoms with Gasteiger partial charge in [0.25, 0.3) is 0 Å². The Kier molecular flexibility index (Phi) is 50.0. The molecule has 0 aromatic carbocycles. The Morgan fingerprint density at radius 2 is 0.667 bits per heavy atom. The van der Waals surface area contributed by atoms with Crippen molar-refractivity contribution in [3.63, 3.8) is 0 Å². The third kappa shape index (κ3) is 50.8. The van der Waals surface area contributed by atoms with Crippen molar-refractivity contribution in [2.75, 3.05) is 13.2 Å². The maximum atomic E-state index is 12.8. The Hall–Kier alpha value is -4.19. The number of carbonyl (C=O) groups excluding carboxylic acids is 3. The molecule has 1 atom stereocenters. The lowest BCUT2D eigenvalue weighted by atomic mass is 10.1. The maximum Gasteiger partial charge on any atom is 0.306 e. The van der Waals surface area contributed by atoms with Gasteiger partial charge in [-0.05, 0) is 89.9 Å². The molecule has 0 heterocycles. The van der Waals surface area contributed by atoms with Crippen LogP contribution in [-0.4, -0.2) is 37.2 Å². The van der Waals surface area contributed by atoms with E-state index in [1.54, 1.807) is 0 Å². The van der Waals surface area contributed by atoms with Crippen molar-refractivity contribution in [1.29, 1.82) is 0 Å². The molecule has 0 radical (unpaired) electrons. The molecule has 0 aliphatic heterocycles. The van der Waals surface area contributed by atoms with Crippen LogP contribution in [0.5, 0.6) is 0 Å². The van der Waals surface area contributed by atoms with Gasteiger partial charge in [0.05, 0.1) is 0 Å². The molecule has 0 aromatic rings. The molecule has 66 heavy (non-hydrogen) atoms. The van der Waals surface area contributed by atoms with Crippen molar-refractivity contribution in [2.24, 2.45) is 0 Å². The van der Waals surface area contributed by atoms with E-state index in [4.69, 9.17) is 14.2 Å². The van der Waals surface area contributed by atoms with Gasteiger partial charge < -0.3 is 14.2 Å². The Balaban J connectivity index is 4.51. The summed E-state index contributed by atoms with van der Waals surface area (Å²) in [6, 6.07) is 0. The smallest absolute Gasteiger partial charge is 0.306 e. The standard InChI is InChI=1S/C60H96O6/c1-4-7-10-13-16-19-22-25-27-29-30-32-33-35-38-41-44-47-50-53-59(62)65-56-57(55-64-58(61)52-49-46-43-40-37-24-21-18-15-12-9-6-3)66-60(63)54-51-48-45-42-39-36-34-31-28-26-23-20-17-14-11-8-5-2/h7,9-10,12-13,16,18-19,21-22,25-30,32-33,35,38,57H,4-6,8,11,14-15,17,20,23-24,31,34,36-37,39-56H2,1-3H3/b10-7-,12-9-,16-13-,21-18-,22-19-,27-25-,28-26-,30-29+,33-32-,38-35-. The SMILES string of the molecule is CC\C=C/C=C\C=C/C=C\C=C\C=C/C=C\CCCCCC(=O)OCC(COC(=O)CCCCCCC/C=C\C/C=C\CC)OC(=O)CCCCCCCCC/C=C\CCCCCCCC. The van der Waals surface area contributed by atoms with E-state index in [-0.39, 0.29) is 31.1 Å². The van der Waals surface area contributed by atoms with Crippen LogP contribution in [0, 0.1) is 0 Å². The zero-order valence-electron chi connectivity index (χ0n) is 42.4. The van der Waals surface area contributed by atoms with Crippen molar-refractivity contribution in [3.05, 3.63) is 122 Å². The number of carbonyl (C=O) groups is 3. The highest BCUT2D eigenvalue weighted by atomic mass is 16.6. The lowest BCUT2D eigenvalue weighted by Gasteiger charge is -2.18. The summed E-state index contributed by atoms with van der Waals surface area (Å²) >= 11 is 0. The molecule has 6 nitrogen and oxygen atoms in total. The van der Waals surface area contributed by atoms with E-state index in [1.807, 2.05) is 72.9 Å². The lowest BCUT2D eigenvalue weighted by molar-refractivity contribution is -0.167. The first kappa shape index (κ1) is 61.8. The van der Waals surface area contributed by atoms with E-state index in [1.165, 1.54) is 77.0 Å². The minimum Gasteiger partial charge on any atom is -0.462 e. The molecule has 0 saturated carbocycles. The molecule has 1 unspecified atom stereocenters. The van der Waals surface area contributed by atoms with E-state index in [2.05, 4.69) is 69.4 Å². The van der Waals surface area contributed by atoms with Crippen molar-refractivity contribution in [2.45, 2.75) is 226 Å². The van der Waals surface area contributed by atoms with Gasteiger partial charge in [-0.1, -0.05) is 232 Å². The molecular formula is C60H96O6. The number of unbranched alkanes of at least 4 members (excludes halogenated alkanes) is 21. The summed E-state index contributed by atoms with van der Waals surface area (Å²) in [6.07, 6.45) is 73.2. The van der Waals surface area contributed by atoms with Gasteiger partial charge in [-0.25, -0.2) is 0 Å². The van der Waals surface area contributed by atoms with Crippen LogP contribution in [0.25, 0.3) is 0 Å². The van der Waals surface area contributed by atoms with Gasteiger partial charge in [-0.2, -0.15) is 0 Å². The topological polar surface area (TPSA) is 78.9 Å². The van der Waals surface area contributed by atoms with E-state index >= 15 is 0 Å². The summed E-state index contributed by atoms with van der Waals surface area (Å²) < 4.78 is 16.8. The van der Waals surface area contributed by atoms with Gasteiger partial charge in [0.1, 0.15) is 13.2 Å². The predicted octanol–water partition coefficient (Wildman–Crippen LogP) is 17.7. The highest BCUT2D eigenvalue weighted by Crippen LogP contribution is 2.14. The number of ether oxygens (including phenoxy) is 3. The quantitative estimate of drug-likeness (QED) is 0.0199. The second kappa shape index (κ2) is 53.4. The number of esters is 3. The highest BCUT2D eigenvalue weighted by Gasteiger charge is 2.19. The van der Waals surface area contributed by atoms with Crippen molar-refractivity contribution < 1.29 is 28.6 Å². The number of rotatable bonds is 46. The van der Waals surface area contributed by atoms with Crippen LogP contribution in [0.2, 0.25) is 0 Å². The third-order valence-corrected chi connectivity index (χ3v) is 10.9. The second-order valence-electron chi connectivity index (χ2n) is 17.2. The average Bonchev–Trinajstić information content (AvgIpc) is 3.31. The van der Waals surface area contributed by atoms with Crippen molar-refractivity contribution in [1.82, 2.24) is 0 Å². The van der Waals surface area contributed by atoms with Gasteiger partial charge in [0, 0.05) is 19.3 Å². The fourth-order valence-corrected chi connectivity index (χ4v) is 6.93. The lowest BCUT2D eigenvalue weighted by Crippen LogP contribution is -2.30. The van der Waals surface area contributed by atoms with Crippen LogP contribution >= 0.6 is 0 Å². The first-order valence-corrected chi connectivity index (χ1v) is 26.6. The molecule has 6 heteroatoms. The van der Waals surface area contributed by atoms with Crippen molar-refractivity contribution in [3.8, 4) is 0 Å². The van der Waals surface area contributed by atoms with Crippen LogP contribution in [0.3, 0.4) is 0 Å². The van der Waals surface area contributed by atoms with E-state index in [0.717, 1.165) is 103 Å². The molecular weight excluding hydrogens is 817 g/mol. The molecule has 0 saturated heterocycles. The second-order valence-corrected chi connectivity index (χ2v) is 17.2. The fraction of sp³-hybridized carbons (Fsp3) is 0.617. The normalized spacial score (nSPS) is 13.1. The summed E-state index contributed by atoms with van der Waals surface area (Å²) in [6.45, 7) is 6.31. The third-order valence-electron chi connectivity index (χ3n) is 10.9. The highest BCUT2D eigenvalue weighted by molar-refractivity contribution is 5.71. The molecule has 0 rings (SSSR count). The van der Waals surface area contributed by atoms with Crippen LogP contribution in [0.15, 0.2) is 122 Å². The van der Waals surface area contributed by atoms with Crippen LogP contribution in [0.1, 0.15) is 220 Å². The van der Waals surface area contributed by atoms with Crippen molar-refractivity contribution >= 4 is 17.9 Å². The van der Waals surface area contributed by atoms with Gasteiger partial charge >= 0.3 is 17.9 Å². The summed E-state index contributed by atoms with van der Waals surface area (Å²) in [4.78, 5) is 38.0. The number of hydrogen-bond acceptors (Lipinski definition) is 6. The fourth-order valence-electron chi connectivity index (χ4n) is 6.93. The Labute approximate surface area is 405 Å². The molecule has 0 N–H and O–H groups in total. The van der Waals surface area contributed by atoms with E-state index in [9.17, 15) is 14.4 Å². The zero-order valence-corrected chi connectivity index (χ0v) is 42.4.